The van der Waals surface area contributed by atoms with Crippen LogP contribution in [0.5, 0.6) is 0 Å². The van der Waals surface area contributed by atoms with Crippen molar-refractivity contribution in [2.24, 2.45) is 5.73 Å². The number of aromatic amines is 1. The van der Waals surface area contributed by atoms with Gasteiger partial charge in [0.25, 0.3) is 0 Å². The number of hydrogen-bond acceptors (Lipinski definition) is 4. The second-order valence-electron chi connectivity index (χ2n) is 5.68. The molecule has 5 nitrogen and oxygen atoms in total. The van der Waals surface area contributed by atoms with E-state index in [1.165, 1.54) is 11.9 Å². The molecule has 2 aromatic heterocycles. The van der Waals surface area contributed by atoms with Gasteiger partial charge in [-0.25, -0.2) is 15.0 Å². The van der Waals surface area contributed by atoms with Gasteiger partial charge in [-0.05, 0) is 22.3 Å². The van der Waals surface area contributed by atoms with E-state index in [1.54, 1.807) is 6.20 Å². The Balaban J connectivity index is 1.81. The summed E-state index contributed by atoms with van der Waals surface area (Å²) in [5.41, 5.74) is 13.6. The Kier molecular flexibility index (Phi) is 2.43. The van der Waals surface area contributed by atoms with Gasteiger partial charge in [-0.3, -0.25) is 0 Å². The molecule has 0 saturated carbocycles. The Morgan fingerprint density at radius 3 is 2.70 bits per heavy atom. The number of H-pyrrole nitrogens is 1. The maximum Gasteiger partial charge on any atom is 0.181 e. The van der Waals surface area contributed by atoms with Gasteiger partial charge in [0.15, 0.2) is 5.65 Å². The first-order valence-corrected chi connectivity index (χ1v) is 7.47. The number of benzene rings is 2. The van der Waals surface area contributed by atoms with Gasteiger partial charge in [0, 0.05) is 5.56 Å². The number of hydrogen-bond donors (Lipinski definition) is 2. The Labute approximate surface area is 132 Å². The van der Waals surface area contributed by atoms with E-state index in [4.69, 9.17) is 5.73 Å². The number of imidazole rings is 1. The summed E-state index contributed by atoms with van der Waals surface area (Å²) in [5.74, 6) is 0.793. The molecular formula is C18H13N5. The minimum Gasteiger partial charge on any atom is -0.335 e. The minimum absolute atomic E-state index is 0.0923. The van der Waals surface area contributed by atoms with Crippen LogP contribution in [0.15, 0.2) is 55.0 Å². The average molecular weight is 299 g/mol. The largest absolute Gasteiger partial charge is 0.335 e. The first-order chi connectivity index (χ1) is 11.3. The van der Waals surface area contributed by atoms with Crippen molar-refractivity contribution in [3.63, 3.8) is 0 Å². The molecule has 4 aromatic rings. The Hall–Kier alpha value is -3.05. The van der Waals surface area contributed by atoms with Crippen LogP contribution in [-0.2, 0) is 0 Å². The number of nitrogens with one attached hydrogen (secondary N) is 1. The van der Waals surface area contributed by atoms with Crippen LogP contribution in [0.3, 0.4) is 0 Å². The van der Waals surface area contributed by atoms with Crippen LogP contribution in [0, 0.1) is 0 Å². The summed E-state index contributed by atoms with van der Waals surface area (Å²) in [6.07, 6.45) is 3.25. The van der Waals surface area contributed by atoms with Gasteiger partial charge in [-0.2, -0.15) is 0 Å². The molecule has 3 N–H and O–H groups in total. The van der Waals surface area contributed by atoms with Crippen LogP contribution >= 0.6 is 0 Å². The zero-order valence-corrected chi connectivity index (χ0v) is 12.2. The van der Waals surface area contributed by atoms with Crippen molar-refractivity contribution < 1.29 is 0 Å². The number of rotatable bonds is 1. The second-order valence-corrected chi connectivity index (χ2v) is 5.68. The van der Waals surface area contributed by atoms with Gasteiger partial charge < -0.3 is 10.7 Å². The Morgan fingerprint density at radius 2 is 1.78 bits per heavy atom. The standard InChI is InChI=1S/C18H13N5/c19-16-11-5-2-1-4-10(11)15-12(16)6-3-7-13(15)17-22-14-8-20-9-21-18(14)23-17/h1-9,16H,19H2,(H,20,21,22,23)/t16-/m1/s1. The summed E-state index contributed by atoms with van der Waals surface area (Å²) in [6, 6.07) is 14.4. The van der Waals surface area contributed by atoms with Crippen molar-refractivity contribution in [3.8, 4) is 22.5 Å². The van der Waals surface area contributed by atoms with Gasteiger partial charge in [0.2, 0.25) is 0 Å². The predicted molar refractivity (Wildman–Crippen MR) is 88.6 cm³/mol. The summed E-state index contributed by atoms with van der Waals surface area (Å²) in [7, 11) is 0. The van der Waals surface area contributed by atoms with Crippen molar-refractivity contribution in [3.05, 3.63) is 66.1 Å². The van der Waals surface area contributed by atoms with Crippen LogP contribution in [-0.4, -0.2) is 19.9 Å². The molecule has 0 unspecified atom stereocenters. The lowest BCUT2D eigenvalue weighted by molar-refractivity contribution is 0.901. The third-order valence-corrected chi connectivity index (χ3v) is 4.41. The molecule has 2 aromatic carbocycles. The zero-order valence-electron chi connectivity index (χ0n) is 12.2. The molecule has 110 valence electrons. The lowest BCUT2D eigenvalue weighted by Gasteiger charge is -2.08. The third kappa shape index (κ3) is 1.68. The highest BCUT2D eigenvalue weighted by Crippen LogP contribution is 2.46. The molecule has 0 saturated heterocycles. The van der Waals surface area contributed by atoms with E-state index in [1.807, 2.05) is 18.2 Å². The SMILES string of the molecule is N[C@@H]1c2ccccc2-c2c(-c3nc4ncncc4[nH]3)cccc21. The molecule has 1 aliphatic carbocycles. The Bertz CT molecular complexity index is 1020. The lowest BCUT2D eigenvalue weighted by Crippen LogP contribution is -2.07. The first kappa shape index (κ1) is 12.5. The number of fused-ring (bicyclic) bond motifs is 4. The topological polar surface area (TPSA) is 80.5 Å². The lowest BCUT2D eigenvalue weighted by atomic mass is 9.99. The van der Waals surface area contributed by atoms with Crippen LogP contribution in [0.1, 0.15) is 17.2 Å². The van der Waals surface area contributed by atoms with Crippen molar-refractivity contribution >= 4 is 11.2 Å². The smallest absolute Gasteiger partial charge is 0.181 e. The number of nitrogens with zero attached hydrogens (tertiary/aromatic N) is 3. The van der Waals surface area contributed by atoms with Gasteiger partial charge in [0.05, 0.1) is 12.2 Å². The molecule has 2 heterocycles. The second kappa shape index (κ2) is 4.47. The van der Waals surface area contributed by atoms with Crippen LogP contribution in [0.4, 0.5) is 0 Å². The summed E-state index contributed by atoms with van der Waals surface area (Å²) >= 11 is 0. The first-order valence-electron chi connectivity index (χ1n) is 7.47. The summed E-state index contributed by atoms with van der Waals surface area (Å²) < 4.78 is 0. The molecule has 23 heavy (non-hydrogen) atoms. The van der Waals surface area contributed by atoms with Crippen LogP contribution < -0.4 is 5.73 Å². The number of nitrogens with two attached hydrogens (primary N) is 1. The van der Waals surface area contributed by atoms with Gasteiger partial charge in [0.1, 0.15) is 17.7 Å². The van der Waals surface area contributed by atoms with Gasteiger partial charge in [-0.1, -0.05) is 42.5 Å². The molecule has 0 fully saturated rings. The van der Waals surface area contributed by atoms with Crippen molar-refractivity contribution in [2.75, 3.05) is 0 Å². The molecule has 1 aliphatic rings. The maximum atomic E-state index is 6.43. The molecular weight excluding hydrogens is 286 g/mol. The normalized spacial score (nSPS) is 15.6. The van der Waals surface area contributed by atoms with Gasteiger partial charge >= 0.3 is 0 Å². The highest BCUT2D eigenvalue weighted by atomic mass is 15.0. The summed E-state index contributed by atoms with van der Waals surface area (Å²) in [4.78, 5) is 16.2. The molecule has 5 rings (SSSR count). The van der Waals surface area contributed by atoms with E-state index < -0.39 is 0 Å². The van der Waals surface area contributed by atoms with Crippen molar-refractivity contribution in [2.45, 2.75) is 6.04 Å². The van der Waals surface area contributed by atoms with Crippen LogP contribution in [0.2, 0.25) is 0 Å². The Morgan fingerprint density at radius 1 is 0.957 bits per heavy atom. The highest BCUT2D eigenvalue weighted by Gasteiger charge is 2.28. The molecule has 0 aliphatic heterocycles. The molecule has 5 heteroatoms. The van der Waals surface area contributed by atoms with Crippen molar-refractivity contribution in [1.29, 1.82) is 0 Å². The molecule has 1 atom stereocenters. The van der Waals surface area contributed by atoms with Gasteiger partial charge in [-0.15, -0.1) is 0 Å². The average Bonchev–Trinajstić information content (AvgIpc) is 3.15. The molecule has 0 bridgehead atoms. The number of aromatic nitrogens is 4. The molecule has 0 spiro atoms. The van der Waals surface area contributed by atoms with E-state index in [-0.39, 0.29) is 6.04 Å². The van der Waals surface area contributed by atoms with E-state index in [2.05, 4.69) is 44.2 Å². The quantitative estimate of drug-likeness (QED) is 0.566. The van der Waals surface area contributed by atoms with Crippen molar-refractivity contribution in [1.82, 2.24) is 19.9 Å². The monoisotopic (exact) mass is 299 g/mol. The van der Waals surface area contributed by atoms with E-state index in [9.17, 15) is 0 Å². The van der Waals surface area contributed by atoms with Crippen LogP contribution in [0.25, 0.3) is 33.7 Å². The fourth-order valence-corrected chi connectivity index (χ4v) is 3.38. The fourth-order valence-electron chi connectivity index (χ4n) is 3.38. The highest BCUT2D eigenvalue weighted by molar-refractivity contribution is 5.91. The predicted octanol–water partition coefficient (Wildman–Crippen LogP) is 3.05. The maximum absolute atomic E-state index is 6.43. The zero-order chi connectivity index (χ0) is 15.4. The van der Waals surface area contributed by atoms with E-state index in [0.717, 1.165) is 33.6 Å². The minimum atomic E-state index is -0.0923. The van der Waals surface area contributed by atoms with E-state index in [0.29, 0.717) is 5.65 Å². The summed E-state index contributed by atoms with van der Waals surface area (Å²) in [5, 5.41) is 0. The van der Waals surface area contributed by atoms with E-state index >= 15 is 0 Å². The molecule has 0 radical (unpaired) electrons. The summed E-state index contributed by atoms with van der Waals surface area (Å²) in [6.45, 7) is 0. The molecule has 0 amide bonds. The third-order valence-electron chi connectivity index (χ3n) is 4.41. The fraction of sp³-hybridized carbons (Fsp3) is 0.0556.